The van der Waals surface area contributed by atoms with Crippen LogP contribution in [-0.4, -0.2) is 20.6 Å². The van der Waals surface area contributed by atoms with Crippen LogP contribution in [0.25, 0.3) is 0 Å². The van der Waals surface area contributed by atoms with Gasteiger partial charge in [-0.05, 0) is 0 Å². The Bertz CT molecular complexity index is 259. The van der Waals surface area contributed by atoms with E-state index < -0.39 is 5.97 Å². The van der Waals surface area contributed by atoms with Crippen molar-refractivity contribution in [3.05, 3.63) is 18.2 Å². The number of aromatic nitrogens is 2. The summed E-state index contributed by atoms with van der Waals surface area (Å²) in [5.74, 6) is -0.574. The molecule has 0 amide bonds. The first-order valence-electron chi connectivity index (χ1n) is 3.01. The number of nitrogens with zero attached hydrogens (tertiary/aromatic N) is 2. The van der Waals surface area contributed by atoms with Crippen molar-refractivity contribution in [2.75, 3.05) is 0 Å². The first-order valence-corrected chi connectivity index (χ1v) is 3.54. The zero-order chi connectivity index (χ0) is 8.27. The molecule has 5 heteroatoms. The lowest BCUT2D eigenvalue weighted by molar-refractivity contribution is -0.137. The molecule has 0 aliphatic rings. The summed E-state index contributed by atoms with van der Waals surface area (Å²) < 4.78 is 1.47. The number of hydrogen-bond acceptors (Lipinski definition) is 2. The van der Waals surface area contributed by atoms with Gasteiger partial charge in [0.25, 0.3) is 0 Å². The van der Waals surface area contributed by atoms with Gasteiger partial charge in [0.2, 0.25) is 0 Å². The fourth-order valence-corrected chi connectivity index (χ4v) is 0.856. The highest BCUT2D eigenvalue weighted by atomic mass is 35.5. The molecule has 0 atom stereocenters. The van der Waals surface area contributed by atoms with Gasteiger partial charge in [-0.25, -0.2) is 4.98 Å². The molecule has 0 saturated carbocycles. The lowest BCUT2D eigenvalue weighted by atomic mass is 10.5. The molecule has 4 nitrogen and oxygen atoms in total. The van der Waals surface area contributed by atoms with Crippen molar-refractivity contribution in [1.29, 1.82) is 0 Å². The van der Waals surface area contributed by atoms with Gasteiger partial charge in [-0.1, -0.05) is 0 Å². The normalized spacial score (nSPS) is 9.91. The molecule has 0 bridgehead atoms. The van der Waals surface area contributed by atoms with Crippen molar-refractivity contribution in [3.63, 3.8) is 0 Å². The molecule has 0 aromatic carbocycles. The summed E-state index contributed by atoms with van der Waals surface area (Å²) in [6, 6.07) is 0. The number of carboxylic acid groups (broad SMARTS) is 1. The highest BCUT2D eigenvalue weighted by Gasteiger charge is 2.00. The van der Waals surface area contributed by atoms with E-state index in [1.54, 1.807) is 6.20 Å². The van der Waals surface area contributed by atoms with Crippen molar-refractivity contribution in [2.24, 2.45) is 0 Å². The monoisotopic (exact) mass is 174 g/mol. The van der Waals surface area contributed by atoms with Crippen LogP contribution in [0, 0.1) is 0 Å². The molecule has 1 rings (SSSR count). The predicted molar refractivity (Wildman–Crippen MR) is 39.4 cm³/mol. The van der Waals surface area contributed by atoms with E-state index in [9.17, 15) is 4.79 Å². The number of aliphatic carboxylic acids is 1. The van der Waals surface area contributed by atoms with Gasteiger partial charge in [0, 0.05) is 6.20 Å². The van der Waals surface area contributed by atoms with E-state index in [1.165, 1.54) is 10.9 Å². The third-order valence-electron chi connectivity index (χ3n) is 1.14. The van der Waals surface area contributed by atoms with Gasteiger partial charge < -0.3 is 9.67 Å². The van der Waals surface area contributed by atoms with Crippen LogP contribution in [-0.2, 0) is 17.2 Å². The SMILES string of the molecule is O=C(O)Cn1cnc(CCl)c1. The second-order valence-electron chi connectivity index (χ2n) is 2.06. The minimum absolute atomic E-state index is 0.0656. The van der Waals surface area contributed by atoms with E-state index >= 15 is 0 Å². The van der Waals surface area contributed by atoms with E-state index in [2.05, 4.69) is 4.98 Å². The van der Waals surface area contributed by atoms with Crippen molar-refractivity contribution in [2.45, 2.75) is 12.4 Å². The maximum atomic E-state index is 10.2. The molecule has 0 aliphatic heterocycles. The molecule has 1 heterocycles. The maximum absolute atomic E-state index is 10.2. The van der Waals surface area contributed by atoms with Gasteiger partial charge >= 0.3 is 5.97 Å². The van der Waals surface area contributed by atoms with Gasteiger partial charge in [0.15, 0.2) is 0 Å². The number of hydrogen-bond donors (Lipinski definition) is 1. The molecule has 11 heavy (non-hydrogen) atoms. The van der Waals surface area contributed by atoms with Crippen molar-refractivity contribution in [1.82, 2.24) is 9.55 Å². The third-order valence-corrected chi connectivity index (χ3v) is 1.42. The largest absolute Gasteiger partial charge is 0.480 e. The zero-order valence-electron chi connectivity index (χ0n) is 5.70. The van der Waals surface area contributed by atoms with Crippen molar-refractivity contribution in [3.8, 4) is 0 Å². The summed E-state index contributed by atoms with van der Waals surface area (Å²) in [4.78, 5) is 14.0. The van der Waals surface area contributed by atoms with E-state index in [-0.39, 0.29) is 6.54 Å². The summed E-state index contributed by atoms with van der Waals surface area (Å²) >= 11 is 5.45. The van der Waals surface area contributed by atoms with Gasteiger partial charge in [0.05, 0.1) is 17.9 Å². The maximum Gasteiger partial charge on any atom is 0.323 e. The molecule has 0 fully saturated rings. The Kier molecular flexibility index (Phi) is 2.48. The van der Waals surface area contributed by atoms with Gasteiger partial charge in [0.1, 0.15) is 6.54 Å². The molecule has 0 spiro atoms. The molecule has 0 aliphatic carbocycles. The number of carboxylic acids is 1. The molecule has 0 unspecified atom stereocenters. The molecular formula is C6H7ClN2O2. The Labute approximate surface area is 68.4 Å². The highest BCUT2D eigenvalue weighted by Crippen LogP contribution is 1.99. The fourth-order valence-electron chi connectivity index (χ4n) is 0.718. The van der Waals surface area contributed by atoms with E-state index in [1.807, 2.05) is 0 Å². The van der Waals surface area contributed by atoms with Gasteiger partial charge in [-0.3, -0.25) is 4.79 Å². The molecule has 1 aromatic rings. The average molecular weight is 175 g/mol. The fraction of sp³-hybridized carbons (Fsp3) is 0.333. The minimum Gasteiger partial charge on any atom is -0.480 e. The number of alkyl halides is 1. The van der Waals surface area contributed by atoms with Crippen LogP contribution >= 0.6 is 11.6 Å². The van der Waals surface area contributed by atoms with E-state index in [0.29, 0.717) is 11.6 Å². The molecule has 60 valence electrons. The lowest BCUT2D eigenvalue weighted by Crippen LogP contribution is -2.06. The van der Waals surface area contributed by atoms with Gasteiger partial charge in [-0.2, -0.15) is 0 Å². The van der Waals surface area contributed by atoms with Crippen LogP contribution in [0.1, 0.15) is 5.69 Å². The molecule has 1 N–H and O–H groups in total. The summed E-state index contributed by atoms with van der Waals surface area (Å²) in [5.41, 5.74) is 0.688. The topological polar surface area (TPSA) is 55.1 Å². The van der Waals surface area contributed by atoms with Crippen LogP contribution in [0.2, 0.25) is 0 Å². The molecule has 1 aromatic heterocycles. The summed E-state index contributed by atoms with van der Waals surface area (Å²) in [6.07, 6.45) is 3.06. The van der Waals surface area contributed by atoms with E-state index in [0.717, 1.165) is 0 Å². The average Bonchev–Trinajstić information content (AvgIpc) is 2.34. The van der Waals surface area contributed by atoms with Crippen LogP contribution in [0.5, 0.6) is 0 Å². The molecule has 0 radical (unpaired) electrons. The number of carbonyl (C=O) groups is 1. The number of imidazole rings is 1. The van der Waals surface area contributed by atoms with Crippen LogP contribution in [0.15, 0.2) is 12.5 Å². The first-order chi connectivity index (χ1) is 5.22. The zero-order valence-corrected chi connectivity index (χ0v) is 6.45. The summed E-state index contributed by atoms with van der Waals surface area (Å²) in [6.45, 7) is -0.0656. The highest BCUT2D eigenvalue weighted by molar-refractivity contribution is 6.16. The molecular weight excluding hydrogens is 168 g/mol. The van der Waals surface area contributed by atoms with Crippen LogP contribution < -0.4 is 0 Å². The Morgan fingerprint density at radius 3 is 3.00 bits per heavy atom. The standard InChI is InChI=1S/C6H7ClN2O2/c7-1-5-2-9(4-8-5)3-6(10)11/h2,4H,1,3H2,(H,10,11). The molecule has 0 saturated heterocycles. The minimum atomic E-state index is -0.886. The summed E-state index contributed by atoms with van der Waals surface area (Å²) in [7, 11) is 0. The number of halogens is 1. The Hall–Kier alpha value is -1.03. The third kappa shape index (κ3) is 2.23. The quantitative estimate of drug-likeness (QED) is 0.687. The second kappa shape index (κ2) is 3.39. The van der Waals surface area contributed by atoms with Crippen LogP contribution in [0.4, 0.5) is 0 Å². The smallest absolute Gasteiger partial charge is 0.323 e. The lowest BCUT2D eigenvalue weighted by Gasteiger charge is -1.92. The van der Waals surface area contributed by atoms with Crippen LogP contribution in [0.3, 0.4) is 0 Å². The second-order valence-corrected chi connectivity index (χ2v) is 2.33. The van der Waals surface area contributed by atoms with Crippen molar-refractivity contribution >= 4 is 17.6 Å². The van der Waals surface area contributed by atoms with E-state index in [4.69, 9.17) is 16.7 Å². The van der Waals surface area contributed by atoms with Gasteiger partial charge in [-0.15, -0.1) is 11.6 Å². The number of rotatable bonds is 3. The predicted octanol–water partition coefficient (Wildman–Crippen LogP) is 0.707. The summed E-state index contributed by atoms with van der Waals surface area (Å²) in [5, 5.41) is 8.37. The van der Waals surface area contributed by atoms with Crippen molar-refractivity contribution < 1.29 is 9.90 Å². The first kappa shape index (κ1) is 8.07. The Morgan fingerprint density at radius 1 is 1.82 bits per heavy atom. The Balaban J connectivity index is 2.65. The Morgan fingerprint density at radius 2 is 2.55 bits per heavy atom.